The van der Waals surface area contributed by atoms with Crippen LogP contribution < -0.4 is 15.7 Å². The van der Waals surface area contributed by atoms with Gasteiger partial charge >= 0.3 is 5.63 Å². The highest BCUT2D eigenvalue weighted by Crippen LogP contribution is 2.72. The number of rotatable bonds is 1. The largest absolute Gasteiger partial charge is 0.404 e. The van der Waals surface area contributed by atoms with Gasteiger partial charge in [-0.05, 0) is 50.5 Å². The number of aromatic nitrogens is 3. The Morgan fingerprint density at radius 1 is 1.25 bits per heavy atom. The quantitative estimate of drug-likeness (QED) is 0.343. The molecule has 2 atom stereocenters. The molecule has 1 saturated carbocycles. The molecule has 5 nitrogen and oxygen atoms in total. The lowest BCUT2D eigenvalue weighted by Gasteiger charge is -2.27. The maximum Gasteiger partial charge on any atom is 0.364 e. The van der Waals surface area contributed by atoms with Crippen molar-refractivity contribution in [3.05, 3.63) is 93.4 Å². The lowest BCUT2D eigenvalue weighted by Crippen LogP contribution is -2.55. The van der Waals surface area contributed by atoms with Crippen LogP contribution in [0.5, 0.6) is 0 Å². The Balaban J connectivity index is 1.89. The summed E-state index contributed by atoms with van der Waals surface area (Å²) in [4.78, 5) is 16.9. The van der Waals surface area contributed by atoms with Crippen LogP contribution in [-0.4, -0.2) is 9.38 Å². The van der Waals surface area contributed by atoms with Crippen molar-refractivity contribution < 1.29 is 17.8 Å². The number of imidazole rings is 1. The van der Waals surface area contributed by atoms with Gasteiger partial charge in [0.2, 0.25) is 16.8 Å². The molecule has 0 saturated heterocycles. The first-order valence-electron chi connectivity index (χ1n) is 10.3. The average Bonchev–Trinajstić information content (AvgIpc) is 2.94. The third-order valence-electron chi connectivity index (χ3n) is 7.23. The fourth-order valence-electron chi connectivity index (χ4n) is 5.93. The topological polar surface area (TPSA) is 51.4 Å². The Morgan fingerprint density at radius 2 is 2.00 bits per heavy atom. The zero-order chi connectivity index (χ0) is 22.7. The van der Waals surface area contributed by atoms with Crippen LogP contribution in [0.2, 0.25) is 0 Å². The third kappa shape index (κ3) is 1.87. The Labute approximate surface area is 181 Å². The van der Waals surface area contributed by atoms with Gasteiger partial charge in [0.25, 0.3) is 0 Å². The second-order valence-corrected chi connectivity index (χ2v) is 9.00. The summed E-state index contributed by atoms with van der Waals surface area (Å²) in [6.07, 6.45) is 3.44. The fraction of sp³-hybridized carbons (Fsp3) is 0.240. The minimum Gasteiger partial charge on any atom is -0.404 e. The number of halogens is 2. The molecule has 4 aromatic rings. The standard InChI is InChI=1S/C25H20F2N3O2/c1-12(2)25-21(22-29-11-28-14(4)20(29)23(31)32-22)24(25,5)16-9-15(26)10-17(27)19(16)18-8-13(3)6-7-30(18)25/h6-11H,1H2,2-5H3/q+1. The number of oxazole rings is 1. The van der Waals surface area contributed by atoms with Gasteiger partial charge in [-0.3, -0.25) is 4.40 Å². The van der Waals surface area contributed by atoms with Crippen LogP contribution in [0.1, 0.15) is 30.7 Å². The van der Waals surface area contributed by atoms with Gasteiger partial charge in [-0.25, -0.2) is 18.6 Å². The summed E-state index contributed by atoms with van der Waals surface area (Å²) in [5.41, 5.74) is 2.94. The number of nitrogens with zero attached hydrogens (tertiary/aromatic N) is 3. The number of hydrogen-bond donors (Lipinski definition) is 0. The lowest BCUT2D eigenvalue weighted by molar-refractivity contribution is -0.719. The molecule has 1 aliphatic carbocycles. The third-order valence-corrected chi connectivity index (χ3v) is 7.23. The molecule has 0 amide bonds. The van der Waals surface area contributed by atoms with Crippen molar-refractivity contribution in [2.24, 2.45) is 0 Å². The normalized spacial score (nSPS) is 24.8. The minimum absolute atomic E-state index is 0.327. The molecule has 0 radical (unpaired) electrons. The molecule has 0 bridgehead atoms. The van der Waals surface area contributed by atoms with Gasteiger partial charge in [-0.1, -0.05) is 6.58 Å². The van der Waals surface area contributed by atoms with E-state index >= 15 is 4.39 Å². The van der Waals surface area contributed by atoms with Crippen LogP contribution >= 0.6 is 0 Å². The first kappa shape index (κ1) is 19.1. The molecular formula is C25H20F2N3O2+. The summed E-state index contributed by atoms with van der Waals surface area (Å²) in [7, 11) is 0. The van der Waals surface area contributed by atoms with Crippen molar-refractivity contribution >= 4 is 11.1 Å². The van der Waals surface area contributed by atoms with E-state index in [9.17, 15) is 9.18 Å². The van der Waals surface area contributed by atoms with Gasteiger partial charge in [-0.15, -0.1) is 0 Å². The highest BCUT2D eigenvalue weighted by atomic mass is 19.1. The van der Waals surface area contributed by atoms with Gasteiger partial charge < -0.3 is 4.42 Å². The fourth-order valence-corrected chi connectivity index (χ4v) is 5.93. The van der Waals surface area contributed by atoms with Crippen molar-refractivity contribution in [1.29, 1.82) is 0 Å². The van der Waals surface area contributed by atoms with Gasteiger partial charge in [-0.2, -0.15) is 4.57 Å². The highest BCUT2D eigenvalue weighted by molar-refractivity contribution is 5.92. The Bertz CT molecular complexity index is 1650. The number of allylic oxidation sites excluding steroid dienone is 1. The first-order chi connectivity index (χ1) is 15.1. The summed E-state index contributed by atoms with van der Waals surface area (Å²) >= 11 is 0. The van der Waals surface area contributed by atoms with E-state index in [0.29, 0.717) is 33.6 Å². The molecule has 7 heteroatoms. The van der Waals surface area contributed by atoms with Crippen molar-refractivity contribution in [1.82, 2.24) is 9.38 Å². The molecule has 3 aromatic heterocycles. The summed E-state index contributed by atoms with van der Waals surface area (Å²) in [5, 5.41) is 0. The second kappa shape index (κ2) is 5.59. The van der Waals surface area contributed by atoms with Gasteiger partial charge in [0.15, 0.2) is 11.7 Å². The van der Waals surface area contributed by atoms with E-state index in [1.54, 1.807) is 17.7 Å². The smallest absolute Gasteiger partial charge is 0.364 e. The minimum atomic E-state index is -0.876. The molecule has 1 fully saturated rings. The number of benzene rings is 1. The molecule has 2 unspecified atom stereocenters. The van der Waals surface area contributed by atoms with Crippen molar-refractivity contribution in [3.63, 3.8) is 0 Å². The number of aryl methyl sites for hydroxylation is 2. The van der Waals surface area contributed by atoms with E-state index in [0.717, 1.165) is 22.8 Å². The zero-order valence-electron chi connectivity index (χ0n) is 18.1. The molecule has 1 aliphatic heterocycles. The molecule has 6 rings (SSSR count). The summed E-state index contributed by atoms with van der Waals surface area (Å²) in [5.74, 6) is -1.28. The highest BCUT2D eigenvalue weighted by Gasteiger charge is 2.83. The van der Waals surface area contributed by atoms with E-state index in [2.05, 4.69) is 11.6 Å². The molecule has 32 heavy (non-hydrogen) atoms. The van der Waals surface area contributed by atoms with E-state index in [4.69, 9.17) is 4.42 Å². The molecular weight excluding hydrogens is 412 g/mol. The van der Waals surface area contributed by atoms with Crippen molar-refractivity contribution in [2.45, 2.75) is 38.6 Å². The average molecular weight is 432 g/mol. The molecule has 160 valence electrons. The molecule has 2 aliphatic rings. The van der Waals surface area contributed by atoms with Gasteiger partial charge in [0, 0.05) is 18.2 Å². The maximum atomic E-state index is 15.2. The monoisotopic (exact) mass is 432 g/mol. The number of hydrogen-bond acceptors (Lipinski definition) is 3. The van der Waals surface area contributed by atoms with Crippen LogP contribution in [0.25, 0.3) is 22.3 Å². The van der Waals surface area contributed by atoms with E-state index in [1.807, 2.05) is 43.7 Å². The predicted octanol–water partition coefficient (Wildman–Crippen LogP) is 3.26. The maximum absolute atomic E-state index is 15.2. The van der Waals surface area contributed by atoms with E-state index in [-0.39, 0.29) is 0 Å². The Kier molecular flexibility index (Phi) is 3.34. The van der Waals surface area contributed by atoms with Crippen LogP contribution in [0.4, 0.5) is 8.78 Å². The molecule has 1 aromatic carbocycles. The molecule has 0 N–H and O–H groups in total. The Morgan fingerprint density at radius 3 is 2.72 bits per heavy atom. The van der Waals surface area contributed by atoms with E-state index < -0.39 is 28.2 Å². The SMILES string of the molecule is C=C(C)C12C(=c3oc(=O)c4c(C)ncn34)C1(C)c1cc(F)cc(F)c1-c1cc(C)cc[n+]12. The predicted molar refractivity (Wildman–Crippen MR) is 114 cm³/mol. The van der Waals surface area contributed by atoms with Crippen LogP contribution in [-0.2, 0) is 11.0 Å². The second-order valence-electron chi connectivity index (χ2n) is 9.00. The van der Waals surface area contributed by atoms with Crippen LogP contribution in [0, 0.1) is 25.5 Å². The van der Waals surface area contributed by atoms with Gasteiger partial charge in [0.1, 0.15) is 23.4 Å². The number of pyridine rings is 1. The van der Waals surface area contributed by atoms with Crippen LogP contribution in [0.15, 0.2) is 58.2 Å². The summed E-state index contributed by atoms with van der Waals surface area (Å²) in [6.45, 7) is 11.7. The van der Waals surface area contributed by atoms with Crippen LogP contribution in [0.3, 0.4) is 0 Å². The summed E-state index contributed by atoms with van der Waals surface area (Å²) < 4.78 is 39.1. The lowest BCUT2D eigenvalue weighted by atomic mass is 9.81. The van der Waals surface area contributed by atoms with E-state index in [1.165, 1.54) is 6.07 Å². The zero-order valence-corrected chi connectivity index (χ0v) is 18.1. The van der Waals surface area contributed by atoms with Crippen molar-refractivity contribution in [2.75, 3.05) is 0 Å². The van der Waals surface area contributed by atoms with Crippen molar-refractivity contribution in [3.8, 4) is 11.3 Å². The number of fused-ring (bicyclic) bond motifs is 7. The molecule has 0 spiro atoms. The van der Waals surface area contributed by atoms with Gasteiger partial charge in [0.05, 0.1) is 16.8 Å². The first-order valence-corrected chi connectivity index (χ1v) is 10.3. The Hall–Kier alpha value is -3.61. The molecule has 4 heterocycles. The summed E-state index contributed by atoms with van der Waals surface area (Å²) in [6, 6.07) is 6.12.